The molecule has 0 spiro atoms. The molecule has 6 nitrogen and oxygen atoms in total. The molecule has 0 saturated carbocycles. The SMILES string of the molecule is Cn1cnc2c1C(C(=O)O)CC(=O)N2. The van der Waals surface area contributed by atoms with E-state index in [1.54, 1.807) is 11.6 Å². The summed E-state index contributed by atoms with van der Waals surface area (Å²) < 4.78 is 1.62. The molecule has 6 heteroatoms. The van der Waals surface area contributed by atoms with Crippen molar-refractivity contribution in [2.75, 3.05) is 5.32 Å². The molecule has 0 aliphatic carbocycles. The molecule has 1 atom stereocenters. The van der Waals surface area contributed by atoms with E-state index in [1.807, 2.05) is 0 Å². The summed E-state index contributed by atoms with van der Waals surface area (Å²) in [5.74, 6) is -1.73. The molecule has 1 aromatic heterocycles. The number of amides is 1. The highest BCUT2D eigenvalue weighted by molar-refractivity contribution is 5.98. The van der Waals surface area contributed by atoms with E-state index in [2.05, 4.69) is 10.3 Å². The fourth-order valence-corrected chi connectivity index (χ4v) is 1.62. The highest BCUT2D eigenvalue weighted by Crippen LogP contribution is 2.30. The number of anilines is 1. The van der Waals surface area contributed by atoms with Crippen molar-refractivity contribution in [2.45, 2.75) is 12.3 Å². The van der Waals surface area contributed by atoms with E-state index in [4.69, 9.17) is 5.11 Å². The monoisotopic (exact) mass is 195 g/mol. The van der Waals surface area contributed by atoms with Gasteiger partial charge in [-0.05, 0) is 0 Å². The van der Waals surface area contributed by atoms with Crippen molar-refractivity contribution in [1.29, 1.82) is 0 Å². The number of rotatable bonds is 1. The average Bonchev–Trinajstić information content (AvgIpc) is 2.46. The highest BCUT2D eigenvalue weighted by atomic mass is 16.4. The number of hydrogen-bond acceptors (Lipinski definition) is 3. The largest absolute Gasteiger partial charge is 0.481 e. The molecule has 2 rings (SSSR count). The van der Waals surface area contributed by atoms with Crippen LogP contribution in [0.4, 0.5) is 5.82 Å². The van der Waals surface area contributed by atoms with Gasteiger partial charge in [-0.2, -0.15) is 0 Å². The van der Waals surface area contributed by atoms with Gasteiger partial charge in [0.15, 0.2) is 5.82 Å². The van der Waals surface area contributed by atoms with E-state index in [0.717, 1.165) is 0 Å². The first kappa shape index (κ1) is 8.74. The number of aryl methyl sites for hydroxylation is 1. The number of fused-ring (bicyclic) bond motifs is 1. The van der Waals surface area contributed by atoms with E-state index in [-0.39, 0.29) is 12.3 Å². The lowest BCUT2D eigenvalue weighted by molar-refractivity contribution is -0.140. The number of aliphatic carboxylic acids is 1. The topological polar surface area (TPSA) is 84.2 Å². The van der Waals surface area contributed by atoms with Gasteiger partial charge in [0.25, 0.3) is 0 Å². The van der Waals surface area contributed by atoms with Crippen LogP contribution in [0.5, 0.6) is 0 Å². The second-order valence-electron chi connectivity index (χ2n) is 3.23. The number of nitrogens with zero attached hydrogens (tertiary/aromatic N) is 2. The first-order valence-electron chi connectivity index (χ1n) is 4.13. The van der Waals surface area contributed by atoms with Gasteiger partial charge in [-0.25, -0.2) is 4.98 Å². The molecule has 2 N–H and O–H groups in total. The number of carboxylic acid groups (broad SMARTS) is 1. The number of hydrogen-bond donors (Lipinski definition) is 2. The highest BCUT2D eigenvalue weighted by Gasteiger charge is 2.33. The van der Waals surface area contributed by atoms with Crippen molar-refractivity contribution < 1.29 is 14.7 Å². The fourth-order valence-electron chi connectivity index (χ4n) is 1.62. The third-order valence-electron chi connectivity index (χ3n) is 2.26. The van der Waals surface area contributed by atoms with Gasteiger partial charge in [0.05, 0.1) is 12.0 Å². The molecule has 0 radical (unpaired) electrons. The Bertz CT molecular complexity index is 410. The summed E-state index contributed by atoms with van der Waals surface area (Å²) in [6.45, 7) is 0. The predicted molar refractivity (Wildman–Crippen MR) is 46.8 cm³/mol. The molecular weight excluding hydrogens is 186 g/mol. The van der Waals surface area contributed by atoms with Crippen molar-refractivity contribution in [3.63, 3.8) is 0 Å². The van der Waals surface area contributed by atoms with Crippen molar-refractivity contribution >= 4 is 17.7 Å². The van der Waals surface area contributed by atoms with E-state index >= 15 is 0 Å². The van der Waals surface area contributed by atoms with Crippen molar-refractivity contribution in [3.8, 4) is 0 Å². The molecule has 1 aliphatic heterocycles. The van der Waals surface area contributed by atoms with Crippen LogP contribution in [0.15, 0.2) is 6.33 Å². The molecule has 0 bridgehead atoms. The van der Waals surface area contributed by atoms with Crippen LogP contribution in [-0.2, 0) is 16.6 Å². The quantitative estimate of drug-likeness (QED) is 0.657. The van der Waals surface area contributed by atoms with Crippen LogP contribution in [-0.4, -0.2) is 26.5 Å². The third-order valence-corrected chi connectivity index (χ3v) is 2.26. The van der Waals surface area contributed by atoms with Crippen LogP contribution in [0.25, 0.3) is 0 Å². The number of aromatic nitrogens is 2. The van der Waals surface area contributed by atoms with E-state index in [9.17, 15) is 9.59 Å². The molecule has 0 aromatic carbocycles. The van der Waals surface area contributed by atoms with Crippen molar-refractivity contribution in [3.05, 3.63) is 12.0 Å². The Morgan fingerprint density at radius 2 is 2.50 bits per heavy atom. The van der Waals surface area contributed by atoms with Crippen molar-refractivity contribution in [2.24, 2.45) is 7.05 Å². The third kappa shape index (κ3) is 1.15. The van der Waals surface area contributed by atoms with Gasteiger partial charge in [0, 0.05) is 13.5 Å². The molecule has 1 aromatic rings. The normalized spacial score (nSPS) is 20.1. The molecule has 0 saturated heterocycles. The van der Waals surface area contributed by atoms with Gasteiger partial charge in [0.1, 0.15) is 5.92 Å². The number of carboxylic acids is 1. The maximum Gasteiger partial charge on any atom is 0.313 e. The predicted octanol–water partition coefficient (Wildman–Crippen LogP) is -0.0695. The number of imidazole rings is 1. The zero-order chi connectivity index (χ0) is 10.3. The van der Waals surface area contributed by atoms with Gasteiger partial charge >= 0.3 is 5.97 Å². The molecule has 74 valence electrons. The summed E-state index contributed by atoms with van der Waals surface area (Å²) in [6, 6.07) is 0. The lowest BCUT2D eigenvalue weighted by Gasteiger charge is -2.19. The Balaban J connectivity index is 2.51. The Labute approximate surface area is 79.6 Å². The molecule has 1 aliphatic rings. The molecule has 14 heavy (non-hydrogen) atoms. The zero-order valence-corrected chi connectivity index (χ0v) is 7.52. The maximum atomic E-state index is 11.1. The molecule has 0 fully saturated rings. The van der Waals surface area contributed by atoms with E-state index in [0.29, 0.717) is 11.5 Å². The number of carbonyl (C=O) groups is 2. The van der Waals surface area contributed by atoms with Crippen LogP contribution < -0.4 is 5.32 Å². The molecule has 1 amide bonds. The van der Waals surface area contributed by atoms with Gasteiger partial charge in [0.2, 0.25) is 5.91 Å². The van der Waals surface area contributed by atoms with Crippen LogP contribution in [0.3, 0.4) is 0 Å². The Morgan fingerprint density at radius 1 is 1.79 bits per heavy atom. The maximum absolute atomic E-state index is 11.1. The summed E-state index contributed by atoms with van der Waals surface area (Å²) >= 11 is 0. The standard InChI is InChI=1S/C8H9N3O3/c1-11-3-9-7-6(11)4(8(13)14)2-5(12)10-7/h3-4H,2H2,1H3,(H,10,12)(H,13,14). The molecule has 1 unspecified atom stereocenters. The second-order valence-corrected chi connectivity index (χ2v) is 3.23. The van der Waals surface area contributed by atoms with Crippen LogP contribution in [0.2, 0.25) is 0 Å². The lowest BCUT2D eigenvalue weighted by atomic mass is 9.98. The lowest BCUT2D eigenvalue weighted by Crippen LogP contribution is -2.28. The number of nitrogens with one attached hydrogen (secondary N) is 1. The average molecular weight is 195 g/mol. The Hall–Kier alpha value is -1.85. The fraction of sp³-hybridized carbons (Fsp3) is 0.375. The Morgan fingerprint density at radius 3 is 3.14 bits per heavy atom. The van der Waals surface area contributed by atoms with Crippen LogP contribution in [0.1, 0.15) is 18.0 Å². The molecular formula is C8H9N3O3. The summed E-state index contributed by atoms with van der Waals surface area (Å²) in [4.78, 5) is 25.9. The van der Waals surface area contributed by atoms with Crippen LogP contribution in [0, 0.1) is 0 Å². The first-order chi connectivity index (χ1) is 6.59. The summed E-state index contributed by atoms with van der Waals surface area (Å²) in [5, 5.41) is 11.5. The van der Waals surface area contributed by atoms with E-state index < -0.39 is 11.9 Å². The van der Waals surface area contributed by atoms with Crippen LogP contribution >= 0.6 is 0 Å². The van der Waals surface area contributed by atoms with Gasteiger partial charge in [-0.1, -0.05) is 0 Å². The van der Waals surface area contributed by atoms with Crippen molar-refractivity contribution in [1.82, 2.24) is 9.55 Å². The molecule has 2 heterocycles. The second kappa shape index (κ2) is 2.83. The minimum atomic E-state index is -0.996. The van der Waals surface area contributed by atoms with E-state index in [1.165, 1.54) is 6.33 Å². The summed E-state index contributed by atoms with van der Waals surface area (Å²) in [5.41, 5.74) is 0.553. The minimum Gasteiger partial charge on any atom is -0.481 e. The Kier molecular flexibility index (Phi) is 1.77. The first-order valence-corrected chi connectivity index (χ1v) is 4.13. The summed E-state index contributed by atoms with van der Waals surface area (Å²) in [7, 11) is 1.71. The minimum absolute atomic E-state index is 0.0259. The number of carbonyl (C=O) groups excluding carboxylic acids is 1. The summed E-state index contributed by atoms with van der Waals surface area (Å²) in [6.07, 6.45) is 1.47. The zero-order valence-electron chi connectivity index (χ0n) is 7.52. The van der Waals surface area contributed by atoms with Gasteiger partial charge in [-0.15, -0.1) is 0 Å². The van der Waals surface area contributed by atoms with Gasteiger partial charge in [-0.3, -0.25) is 9.59 Å². The smallest absolute Gasteiger partial charge is 0.313 e. The van der Waals surface area contributed by atoms with Gasteiger partial charge < -0.3 is 15.0 Å².